The molecule has 96 valence electrons. The van der Waals surface area contributed by atoms with Gasteiger partial charge in [0.25, 0.3) is 0 Å². The Balaban J connectivity index is 2.24. The molecule has 0 saturated carbocycles. The Kier molecular flexibility index (Phi) is 4.47. The molecule has 0 spiro atoms. The Morgan fingerprint density at radius 3 is 2.63 bits per heavy atom. The standard InChI is InChI=1S/C15H12BrClN2/c1-19(10-12-4-2-3-5-13(12)16)15-7-6-11(9-18)8-14(15)17/h2-8H,10H2,1H3. The number of hydrogen-bond acceptors (Lipinski definition) is 2. The van der Waals surface area contributed by atoms with Crippen molar-refractivity contribution in [3.8, 4) is 6.07 Å². The van der Waals surface area contributed by atoms with E-state index in [9.17, 15) is 0 Å². The Labute approximate surface area is 126 Å². The van der Waals surface area contributed by atoms with Crippen molar-refractivity contribution in [3.05, 3.63) is 63.1 Å². The topological polar surface area (TPSA) is 27.0 Å². The Morgan fingerprint density at radius 2 is 2.00 bits per heavy atom. The van der Waals surface area contributed by atoms with E-state index in [4.69, 9.17) is 16.9 Å². The van der Waals surface area contributed by atoms with Crippen LogP contribution in [-0.2, 0) is 6.54 Å². The van der Waals surface area contributed by atoms with Crippen molar-refractivity contribution in [2.24, 2.45) is 0 Å². The van der Waals surface area contributed by atoms with Gasteiger partial charge in [-0.1, -0.05) is 45.7 Å². The Bertz CT molecular complexity index is 634. The molecule has 0 saturated heterocycles. The highest BCUT2D eigenvalue weighted by Gasteiger charge is 2.09. The molecule has 2 rings (SSSR count). The highest BCUT2D eigenvalue weighted by atomic mass is 79.9. The number of anilines is 1. The monoisotopic (exact) mass is 334 g/mol. The predicted molar refractivity (Wildman–Crippen MR) is 82.4 cm³/mol. The van der Waals surface area contributed by atoms with Crippen LogP contribution in [0.5, 0.6) is 0 Å². The van der Waals surface area contributed by atoms with Gasteiger partial charge in [-0.2, -0.15) is 5.26 Å². The van der Waals surface area contributed by atoms with E-state index in [1.807, 2.05) is 31.3 Å². The van der Waals surface area contributed by atoms with Crippen molar-refractivity contribution in [2.75, 3.05) is 11.9 Å². The molecule has 4 heteroatoms. The van der Waals surface area contributed by atoms with E-state index in [0.29, 0.717) is 10.6 Å². The minimum absolute atomic E-state index is 0.572. The second-order valence-electron chi connectivity index (χ2n) is 4.23. The van der Waals surface area contributed by atoms with Crippen LogP contribution in [0.4, 0.5) is 5.69 Å². The molecule has 0 aromatic heterocycles. The number of benzene rings is 2. The second-order valence-corrected chi connectivity index (χ2v) is 5.49. The smallest absolute Gasteiger partial charge is 0.0992 e. The molecule has 0 radical (unpaired) electrons. The van der Waals surface area contributed by atoms with E-state index < -0.39 is 0 Å². The van der Waals surface area contributed by atoms with Crippen molar-refractivity contribution in [2.45, 2.75) is 6.54 Å². The van der Waals surface area contributed by atoms with E-state index >= 15 is 0 Å². The molecular formula is C15H12BrClN2. The first kappa shape index (κ1) is 13.9. The zero-order valence-corrected chi connectivity index (χ0v) is 12.7. The SMILES string of the molecule is CN(Cc1ccccc1Br)c1ccc(C#N)cc1Cl. The lowest BCUT2D eigenvalue weighted by Crippen LogP contribution is -2.17. The molecule has 2 nitrogen and oxygen atoms in total. The fourth-order valence-corrected chi connectivity index (χ4v) is 2.59. The average molecular weight is 336 g/mol. The van der Waals surface area contributed by atoms with E-state index in [-0.39, 0.29) is 0 Å². The van der Waals surface area contributed by atoms with Crippen LogP contribution in [0.15, 0.2) is 46.9 Å². The number of nitriles is 1. The summed E-state index contributed by atoms with van der Waals surface area (Å²) in [6, 6.07) is 15.5. The zero-order valence-electron chi connectivity index (χ0n) is 10.4. The van der Waals surface area contributed by atoms with Crippen LogP contribution in [0.25, 0.3) is 0 Å². The molecule has 0 amide bonds. The third-order valence-corrected chi connectivity index (χ3v) is 3.93. The lowest BCUT2D eigenvalue weighted by atomic mass is 10.2. The van der Waals surface area contributed by atoms with Gasteiger partial charge in [-0.3, -0.25) is 0 Å². The second kappa shape index (κ2) is 6.10. The summed E-state index contributed by atoms with van der Waals surface area (Å²) in [6.07, 6.45) is 0. The van der Waals surface area contributed by atoms with E-state index in [1.54, 1.807) is 12.1 Å². The zero-order chi connectivity index (χ0) is 13.8. The van der Waals surface area contributed by atoms with Gasteiger partial charge < -0.3 is 4.90 Å². The maximum atomic E-state index is 8.83. The van der Waals surface area contributed by atoms with Gasteiger partial charge in [0.05, 0.1) is 22.3 Å². The van der Waals surface area contributed by atoms with Crippen molar-refractivity contribution in [1.29, 1.82) is 5.26 Å². The molecule has 2 aromatic rings. The fourth-order valence-electron chi connectivity index (χ4n) is 1.85. The number of nitrogens with zero attached hydrogens (tertiary/aromatic N) is 2. The lowest BCUT2D eigenvalue weighted by Gasteiger charge is -2.21. The third kappa shape index (κ3) is 3.28. The maximum absolute atomic E-state index is 8.83. The Hall–Kier alpha value is -1.50. The molecule has 2 aromatic carbocycles. The van der Waals surface area contributed by atoms with Crippen LogP contribution < -0.4 is 4.90 Å². The number of halogens is 2. The highest BCUT2D eigenvalue weighted by Crippen LogP contribution is 2.28. The first-order valence-electron chi connectivity index (χ1n) is 5.76. The van der Waals surface area contributed by atoms with Crippen LogP contribution in [0, 0.1) is 11.3 Å². The molecule has 0 fully saturated rings. The molecule has 0 N–H and O–H groups in total. The van der Waals surface area contributed by atoms with Gasteiger partial charge in [0.15, 0.2) is 0 Å². The lowest BCUT2D eigenvalue weighted by molar-refractivity contribution is 0.918. The molecule has 0 aliphatic heterocycles. The van der Waals surface area contributed by atoms with Crippen LogP contribution >= 0.6 is 27.5 Å². The van der Waals surface area contributed by atoms with Gasteiger partial charge >= 0.3 is 0 Å². The minimum atomic E-state index is 0.572. The summed E-state index contributed by atoms with van der Waals surface area (Å²) in [4.78, 5) is 2.06. The normalized spacial score (nSPS) is 10.0. The van der Waals surface area contributed by atoms with E-state index in [2.05, 4.69) is 33.0 Å². The van der Waals surface area contributed by atoms with Gasteiger partial charge in [0, 0.05) is 18.1 Å². The maximum Gasteiger partial charge on any atom is 0.0992 e. The molecule has 19 heavy (non-hydrogen) atoms. The quantitative estimate of drug-likeness (QED) is 0.819. The first-order valence-corrected chi connectivity index (χ1v) is 6.93. The molecule has 0 aliphatic rings. The van der Waals surface area contributed by atoms with Gasteiger partial charge in [0.1, 0.15) is 0 Å². The molecule has 0 atom stereocenters. The highest BCUT2D eigenvalue weighted by molar-refractivity contribution is 9.10. The molecule has 0 aliphatic carbocycles. The number of hydrogen-bond donors (Lipinski definition) is 0. The summed E-state index contributed by atoms with van der Waals surface area (Å²) in [5, 5.41) is 9.43. The van der Waals surface area contributed by atoms with Crippen molar-refractivity contribution in [3.63, 3.8) is 0 Å². The summed E-state index contributed by atoms with van der Waals surface area (Å²) in [5.41, 5.74) is 2.67. The number of rotatable bonds is 3. The van der Waals surface area contributed by atoms with E-state index in [1.165, 1.54) is 5.56 Å². The predicted octanol–water partition coefficient (Wildman–Crippen LogP) is 4.61. The van der Waals surface area contributed by atoms with Gasteiger partial charge in [-0.15, -0.1) is 0 Å². The minimum Gasteiger partial charge on any atom is -0.369 e. The van der Waals surface area contributed by atoms with Crippen molar-refractivity contribution >= 4 is 33.2 Å². The summed E-state index contributed by atoms with van der Waals surface area (Å²) in [5.74, 6) is 0. The average Bonchev–Trinajstić information content (AvgIpc) is 2.41. The van der Waals surface area contributed by atoms with Crippen LogP contribution in [-0.4, -0.2) is 7.05 Å². The Morgan fingerprint density at radius 1 is 1.26 bits per heavy atom. The summed E-state index contributed by atoms with van der Waals surface area (Å²) < 4.78 is 1.08. The first-order chi connectivity index (χ1) is 9.11. The molecule has 0 heterocycles. The summed E-state index contributed by atoms with van der Waals surface area (Å²) in [7, 11) is 1.98. The van der Waals surface area contributed by atoms with Crippen molar-refractivity contribution in [1.82, 2.24) is 0 Å². The molecule has 0 bridgehead atoms. The van der Waals surface area contributed by atoms with Crippen LogP contribution in [0.1, 0.15) is 11.1 Å². The van der Waals surface area contributed by atoms with Gasteiger partial charge in [0.2, 0.25) is 0 Å². The fraction of sp³-hybridized carbons (Fsp3) is 0.133. The van der Waals surface area contributed by atoms with Crippen LogP contribution in [0.3, 0.4) is 0 Å². The third-order valence-electron chi connectivity index (χ3n) is 2.85. The van der Waals surface area contributed by atoms with Crippen molar-refractivity contribution < 1.29 is 0 Å². The van der Waals surface area contributed by atoms with Gasteiger partial charge in [-0.25, -0.2) is 0 Å². The van der Waals surface area contributed by atoms with Gasteiger partial charge in [-0.05, 0) is 29.8 Å². The molecule has 0 unspecified atom stereocenters. The summed E-state index contributed by atoms with van der Waals surface area (Å²) in [6.45, 7) is 0.743. The van der Waals surface area contributed by atoms with E-state index in [0.717, 1.165) is 16.7 Å². The van der Waals surface area contributed by atoms with Crippen LogP contribution in [0.2, 0.25) is 5.02 Å². The summed E-state index contributed by atoms with van der Waals surface area (Å²) >= 11 is 9.74. The molecular weight excluding hydrogens is 324 g/mol. The largest absolute Gasteiger partial charge is 0.369 e.